The summed E-state index contributed by atoms with van der Waals surface area (Å²) in [6, 6.07) is 10.0. The van der Waals surface area contributed by atoms with Gasteiger partial charge in [-0.25, -0.2) is 0 Å². The topological polar surface area (TPSA) is 0 Å². The zero-order valence-corrected chi connectivity index (χ0v) is 8.04. The summed E-state index contributed by atoms with van der Waals surface area (Å²) in [5.41, 5.74) is 1.20. The molecule has 0 bridgehead atoms. The van der Waals surface area contributed by atoms with E-state index < -0.39 is 0 Å². The number of hydrogen-bond acceptors (Lipinski definition) is 2. The van der Waals surface area contributed by atoms with Crippen LogP contribution in [0.3, 0.4) is 0 Å². The molecule has 0 atom stereocenters. The van der Waals surface area contributed by atoms with Crippen molar-refractivity contribution in [2.45, 2.75) is 6.42 Å². The molecule has 0 saturated heterocycles. The molecule has 1 aromatic carbocycles. The van der Waals surface area contributed by atoms with Gasteiger partial charge in [-0.1, -0.05) is 30.3 Å². The van der Waals surface area contributed by atoms with Gasteiger partial charge in [-0.15, -0.1) is 4.20 Å². The van der Waals surface area contributed by atoms with Crippen molar-refractivity contribution in [3.63, 3.8) is 0 Å². The maximum absolute atomic E-state index is 4.79. The van der Waals surface area contributed by atoms with Gasteiger partial charge < -0.3 is 24.8 Å². The van der Waals surface area contributed by atoms with Crippen LogP contribution in [0.4, 0.5) is 0 Å². The molecule has 1 rings (SSSR count). The van der Waals surface area contributed by atoms with Crippen molar-refractivity contribution in [3.05, 3.63) is 35.9 Å². The largest absolute Gasteiger partial charge is 1.00 e. The summed E-state index contributed by atoms with van der Waals surface area (Å²) in [5.74, 6) is 0. The maximum Gasteiger partial charge on any atom is 1.00 e. The summed E-state index contributed by atoms with van der Waals surface area (Å²) >= 11 is 9.58. The Kier molecular flexibility index (Phi) is 5.80. The van der Waals surface area contributed by atoms with Gasteiger partial charge >= 0.3 is 18.9 Å². The minimum absolute atomic E-state index is 0. The third-order valence-electron chi connectivity index (χ3n) is 1.19. The second-order valence-electron chi connectivity index (χ2n) is 2.03. The Morgan fingerprint density at radius 3 is 2.27 bits per heavy atom. The van der Waals surface area contributed by atoms with Crippen LogP contribution >= 0.6 is 12.2 Å². The van der Waals surface area contributed by atoms with Crippen LogP contribution in [0.15, 0.2) is 30.3 Å². The minimum atomic E-state index is 0. The molecule has 0 amide bonds. The van der Waals surface area contributed by atoms with Crippen LogP contribution in [0.1, 0.15) is 5.56 Å². The first-order chi connectivity index (χ1) is 4.79. The van der Waals surface area contributed by atoms with Crippen LogP contribution in [-0.2, 0) is 19.0 Å². The summed E-state index contributed by atoms with van der Waals surface area (Å²) < 4.78 is 0.631. The fourth-order valence-corrected chi connectivity index (χ4v) is 1.10. The Balaban J connectivity index is 0.000001000. The SMILES string of the molecule is S=C([S-])Cc1ccccc1.[Li+]. The van der Waals surface area contributed by atoms with Crippen molar-refractivity contribution >= 4 is 29.0 Å². The first-order valence-corrected chi connectivity index (χ1v) is 3.84. The molecule has 11 heavy (non-hydrogen) atoms. The van der Waals surface area contributed by atoms with Crippen LogP contribution in [-0.4, -0.2) is 4.20 Å². The fraction of sp³-hybridized carbons (Fsp3) is 0.125. The van der Waals surface area contributed by atoms with E-state index in [2.05, 4.69) is 0 Å². The number of thiocarbonyl (C=S) groups is 1. The molecule has 52 valence electrons. The van der Waals surface area contributed by atoms with E-state index in [1.54, 1.807) is 0 Å². The van der Waals surface area contributed by atoms with Crippen LogP contribution in [0, 0.1) is 0 Å². The number of benzene rings is 1. The molecular formula is C8H7LiS2. The predicted molar refractivity (Wildman–Crippen MR) is 50.1 cm³/mol. The second-order valence-corrected chi connectivity index (χ2v) is 3.28. The van der Waals surface area contributed by atoms with Gasteiger partial charge in [0.15, 0.2) is 0 Å². The van der Waals surface area contributed by atoms with Gasteiger partial charge in [0.25, 0.3) is 0 Å². The Hall–Kier alpha value is 0.127. The van der Waals surface area contributed by atoms with Crippen LogP contribution in [0.25, 0.3) is 0 Å². The van der Waals surface area contributed by atoms with E-state index in [9.17, 15) is 0 Å². The van der Waals surface area contributed by atoms with E-state index in [0.717, 1.165) is 6.42 Å². The summed E-state index contributed by atoms with van der Waals surface area (Å²) in [7, 11) is 0. The molecule has 0 fully saturated rings. The van der Waals surface area contributed by atoms with E-state index in [1.165, 1.54) is 5.56 Å². The van der Waals surface area contributed by atoms with Gasteiger partial charge in [-0.2, -0.15) is 0 Å². The standard InChI is InChI=1S/C8H8S2.Li/c9-8(10)6-7-4-2-1-3-5-7;/h1-5H,6H2,(H,9,10);/q;+1/p-1. The zero-order chi connectivity index (χ0) is 7.40. The third kappa shape index (κ3) is 4.55. The third-order valence-corrected chi connectivity index (χ3v) is 1.48. The fourth-order valence-electron chi connectivity index (χ4n) is 0.763. The average Bonchev–Trinajstić information content (AvgIpc) is 1.88. The van der Waals surface area contributed by atoms with E-state index in [4.69, 9.17) is 24.8 Å². The molecule has 0 aliphatic carbocycles. The summed E-state index contributed by atoms with van der Waals surface area (Å²) in [6.45, 7) is 0. The first-order valence-electron chi connectivity index (χ1n) is 3.03. The van der Waals surface area contributed by atoms with E-state index in [1.807, 2.05) is 30.3 Å². The molecule has 0 unspecified atom stereocenters. The van der Waals surface area contributed by atoms with Gasteiger partial charge in [0.1, 0.15) is 0 Å². The van der Waals surface area contributed by atoms with Gasteiger partial charge in [-0.3, -0.25) is 0 Å². The summed E-state index contributed by atoms with van der Waals surface area (Å²) in [6.07, 6.45) is 0.742. The molecule has 0 radical (unpaired) electrons. The molecule has 0 aliphatic heterocycles. The number of rotatable bonds is 2. The van der Waals surface area contributed by atoms with Crippen LogP contribution in [0.5, 0.6) is 0 Å². The van der Waals surface area contributed by atoms with E-state index >= 15 is 0 Å². The molecule has 0 aliphatic rings. The van der Waals surface area contributed by atoms with Crippen LogP contribution < -0.4 is 18.9 Å². The molecule has 1 aromatic rings. The molecule has 0 heterocycles. The van der Waals surface area contributed by atoms with Crippen molar-refractivity contribution < 1.29 is 18.9 Å². The van der Waals surface area contributed by atoms with Crippen LogP contribution in [0.2, 0.25) is 0 Å². The minimum Gasteiger partial charge on any atom is -0.433 e. The predicted octanol–water partition coefficient (Wildman–Crippen LogP) is -0.893. The van der Waals surface area contributed by atoms with Crippen molar-refractivity contribution in [2.24, 2.45) is 0 Å². The molecular weight excluding hydrogens is 167 g/mol. The molecule has 0 N–H and O–H groups in total. The molecule has 0 aromatic heterocycles. The van der Waals surface area contributed by atoms with Gasteiger partial charge in [0.2, 0.25) is 0 Å². The van der Waals surface area contributed by atoms with Gasteiger partial charge in [-0.05, 0) is 12.0 Å². The van der Waals surface area contributed by atoms with E-state index in [-0.39, 0.29) is 18.9 Å². The van der Waals surface area contributed by atoms with Crippen molar-refractivity contribution in [1.82, 2.24) is 0 Å². The first kappa shape index (κ1) is 11.1. The van der Waals surface area contributed by atoms with Crippen molar-refractivity contribution in [1.29, 1.82) is 0 Å². The summed E-state index contributed by atoms with van der Waals surface area (Å²) in [5, 5.41) is 0. The van der Waals surface area contributed by atoms with Gasteiger partial charge in [0.05, 0.1) is 0 Å². The van der Waals surface area contributed by atoms with Crippen molar-refractivity contribution in [2.75, 3.05) is 0 Å². The maximum atomic E-state index is 4.79. The Bertz CT molecular complexity index is 221. The molecule has 3 heteroatoms. The summed E-state index contributed by atoms with van der Waals surface area (Å²) in [4.78, 5) is 0. The molecule has 0 saturated carbocycles. The molecule has 0 spiro atoms. The smallest absolute Gasteiger partial charge is 0.433 e. The quantitative estimate of drug-likeness (QED) is 0.324. The number of hydrogen-bond donors (Lipinski definition) is 0. The normalized spacial score (nSPS) is 8.36. The Labute approximate surface area is 90.0 Å². The zero-order valence-electron chi connectivity index (χ0n) is 6.41. The Morgan fingerprint density at radius 1 is 1.27 bits per heavy atom. The Morgan fingerprint density at radius 2 is 1.82 bits per heavy atom. The monoisotopic (exact) mass is 174 g/mol. The van der Waals surface area contributed by atoms with Crippen molar-refractivity contribution in [3.8, 4) is 0 Å². The second kappa shape index (κ2) is 5.74. The van der Waals surface area contributed by atoms with Gasteiger partial charge in [0, 0.05) is 0 Å². The average molecular weight is 174 g/mol. The molecule has 0 nitrogen and oxygen atoms in total. The van der Waals surface area contributed by atoms with E-state index in [0.29, 0.717) is 4.20 Å².